The molecule has 0 bridgehead atoms. The van der Waals surface area contributed by atoms with Gasteiger partial charge in [-0.15, -0.1) is 5.10 Å². The molecule has 0 amide bonds. The van der Waals surface area contributed by atoms with E-state index in [1.54, 1.807) is 13.2 Å². The van der Waals surface area contributed by atoms with Crippen molar-refractivity contribution in [2.75, 3.05) is 5.73 Å². The summed E-state index contributed by atoms with van der Waals surface area (Å²) in [5, 5.41) is 3.90. The molecule has 0 aliphatic heterocycles. The maximum Gasteiger partial charge on any atom is 0.256 e. The predicted molar refractivity (Wildman–Crippen MR) is 46.2 cm³/mol. The highest BCUT2D eigenvalue weighted by atomic mass is 19.3. The second kappa shape index (κ2) is 2.83. The van der Waals surface area contributed by atoms with Crippen LogP contribution in [0.4, 0.5) is 14.5 Å². The van der Waals surface area contributed by atoms with Crippen molar-refractivity contribution in [3.05, 3.63) is 6.20 Å². The molecular weight excluding hydrogens is 192 g/mol. The van der Waals surface area contributed by atoms with Crippen molar-refractivity contribution in [2.24, 2.45) is 7.05 Å². The molecule has 1 aromatic rings. The van der Waals surface area contributed by atoms with Gasteiger partial charge in [0.05, 0.1) is 6.20 Å². The van der Waals surface area contributed by atoms with Crippen LogP contribution in [0, 0.1) is 0 Å². The lowest BCUT2D eigenvalue weighted by Crippen LogP contribution is -2.43. The van der Waals surface area contributed by atoms with E-state index in [1.807, 2.05) is 0 Å². The van der Waals surface area contributed by atoms with E-state index in [2.05, 4.69) is 5.10 Å². The Morgan fingerprint density at radius 3 is 2.71 bits per heavy atom. The molecular formula is C8H11F2N3O. The van der Waals surface area contributed by atoms with Crippen molar-refractivity contribution < 1.29 is 13.5 Å². The second-order valence-electron chi connectivity index (χ2n) is 3.57. The number of nitrogens with zero attached hydrogens (tertiary/aromatic N) is 2. The zero-order chi connectivity index (χ0) is 10.3. The van der Waals surface area contributed by atoms with E-state index in [0.717, 1.165) is 0 Å². The third kappa shape index (κ3) is 1.64. The van der Waals surface area contributed by atoms with Crippen molar-refractivity contribution in [3.63, 3.8) is 0 Å². The lowest BCUT2D eigenvalue weighted by Gasteiger charge is -2.34. The van der Waals surface area contributed by atoms with Crippen LogP contribution in [0.3, 0.4) is 0 Å². The van der Waals surface area contributed by atoms with Gasteiger partial charge in [-0.2, -0.15) is 0 Å². The summed E-state index contributed by atoms with van der Waals surface area (Å²) >= 11 is 0. The molecule has 1 saturated carbocycles. The number of alkyl halides is 2. The van der Waals surface area contributed by atoms with Crippen LogP contribution < -0.4 is 10.5 Å². The van der Waals surface area contributed by atoms with Crippen LogP contribution >= 0.6 is 0 Å². The SMILES string of the molecule is Cn1cc(N)c(OC2CC(F)(F)C2)n1. The number of rotatable bonds is 2. The fraction of sp³-hybridized carbons (Fsp3) is 0.625. The van der Waals surface area contributed by atoms with Gasteiger partial charge in [0.1, 0.15) is 11.8 Å². The molecule has 1 aromatic heterocycles. The Balaban J connectivity index is 1.96. The summed E-state index contributed by atoms with van der Waals surface area (Å²) in [6.45, 7) is 0. The molecule has 0 unspecified atom stereocenters. The minimum absolute atomic E-state index is 0.244. The minimum Gasteiger partial charge on any atom is -0.471 e. The molecule has 14 heavy (non-hydrogen) atoms. The molecule has 1 aliphatic rings. The number of nitrogen functional groups attached to an aromatic ring is 1. The third-order valence-corrected chi connectivity index (χ3v) is 2.15. The summed E-state index contributed by atoms with van der Waals surface area (Å²) in [7, 11) is 1.69. The molecule has 0 spiro atoms. The average molecular weight is 203 g/mol. The molecule has 2 rings (SSSR count). The van der Waals surface area contributed by atoms with E-state index in [9.17, 15) is 8.78 Å². The van der Waals surface area contributed by atoms with Gasteiger partial charge in [0, 0.05) is 19.9 Å². The maximum atomic E-state index is 12.5. The van der Waals surface area contributed by atoms with Crippen LogP contribution in [-0.4, -0.2) is 21.8 Å². The Bertz CT molecular complexity index is 342. The fourth-order valence-corrected chi connectivity index (χ4v) is 1.43. The van der Waals surface area contributed by atoms with Gasteiger partial charge in [0.2, 0.25) is 0 Å². The Kier molecular flexibility index (Phi) is 1.87. The third-order valence-electron chi connectivity index (χ3n) is 2.15. The van der Waals surface area contributed by atoms with Gasteiger partial charge in [-0.1, -0.05) is 0 Å². The van der Waals surface area contributed by atoms with Gasteiger partial charge in [-0.3, -0.25) is 4.68 Å². The molecule has 0 atom stereocenters. The quantitative estimate of drug-likeness (QED) is 0.785. The van der Waals surface area contributed by atoms with Gasteiger partial charge >= 0.3 is 0 Å². The standard InChI is InChI=1S/C8H11F2N3O/c1-13-4-6(11)7(12-13)14-5-2-8(9,10)3-5/h4-5H,2-3,11H2,1H3. The number of nitrogens with two attached hydrogens (primary N) is 1. The molecule has 0 radical (unpaired) electrons. The summed E-state index contributed by atoms with van der Waals surface area (Å²) < 4.78 is 31.6. The monoisotopic (exact) mass is 203 g/mol. The summed E-state index contributed by atoms with van der Waals surface area (Å²) in [6.07, 6.45) is 0.625. The van der Waals surface area contributed by atoms with Crippen molar-refractivity contribution >= 4 is 5.69 Å². The zero-order valence-electron chi connectivity index (χ0n) is 7.70. The molecule has 1 aliphatic carbocycles. The van der Waals surface area contributed by atoms with Crippen LogP contribution in [-0.2, 0) is 7.05 Å². The molecule has 1 heterocycles. The first-order chi connectivity index (χ1) is 6.46. The molecule has 6 heteroatoms. The van der Waals surface area contributed by atoms with E-state index >= 15 is 0 Å². The van der Waals surface area contributed by atoms with Crippen LogP contribution in [0.1, 0.15) is 12.8 Å². The number of ether oxygens (including phenoxy) is 1. The number of aryl methyl sites for hydroxylation is 1. The van der Waals surface area contributed by atoms with E-state index < -0.39 is 12.0 Å². The number of hydrogen-bond acceptors (Lipinski definition) is 3. The Morgan fingerprint density at radius 1 is 1.64 bits per heavy atom. The van der Waals surface area contributed by atoms with Crippen LogP contribution in [0.5, 0.6) is 5.88 Å². The molecule has 4 nitrogen and oxygen atoms in total. The molecule has 2 N–H and O–H groups in total. The summed E-state index contributed by atoms with van der Waals surface area (Å²) in [4.78, 5) is 0. The fourth-order valence-electron chi connectivity index (χ4n) is 1.43. The number of anilines is 1. The summed E-state index contributed by atoms with van der Waals surface area (Å²) in [5.41, 5.74) is 5.92. The lowest BCUT2D eigenvalue weighted by atomic mass is 9.91. The van der Waals surface area contributed by atoms with Gasteiger partial charge < -0.3 is 10.5 Å². The highest BCUT2D eigenvalue weighted by Gasteiger charge is 2.47. The Morgan fingerprint density at radius 2 is 2.29 bits per heavy atom. The molecule has 0 saturated heterocycles. The van der Waals surface area contributed by atoms with Crippen LogP contribution in [0.2, 0.25) is 0 Å². The van der Waals surface area contributed by atoms with Gasteiger partial charge in [0.15, 0.2) is 0 Å². The normalized spacial score (nSPS) is 20.5. The smallest absolute Gasteiger partial charge is 0.256 e. The minimum atomic E-state index is -2.58. The average Bonchev–Trinajstić information content (AvgIpc) is 2.26. The van der Waals surface area contributed by atoms with Gasteiger partial charge in [0.25, 0.3) is 11.8 Å². The first-order valence-corrected chi connectivity index (χ1v) is 4.30. The predicted octanol–water partition coefficient (Wildman–Crippen LogP) is 1.18. The topological polar surface area (TPSA) is 53.1 Å². The molecule has 0 aromatic carbocycles. The van der Waals surface area contributed by atoms with E-state index in [0.29, 0.717) is 5.69 Å². The van der Waals surface area contributed by atoms with Gasteiger partial charge in [-0.25, -0.2) is 8.78 Å². The maximum absolute atomic E-state index is 12.5. The van der Waals surface area contributed by atoms with E-state index in [-0.39, 0.29) is 18.7 Å². The number of hydrogen-bond donors (Lipinski definition) is 1. The largest absolute Gasteiger partial charge is 0.471 e. The van der Waals surface area contributed by atoms with Crippen molar-refractivity contribution in [1.82, 2.24) is 9.78 Å². The Hall–Kier alpha value is -1.33. The van der Waals surface area contributed by atoms with Crippen molar-refractivity contribution in [2.45, 2.75) is 24.9 Å². The zero-order valence-corrected chi connectivity index (χ0v) is 7.70. The first-order valence-electron chi connectivity index (χ1n) is 4.30. The van der Waals surface area contributed by atoms with Crippen molar-refractivity contribution in [1.29, 1.82) is 0 Å². The first kappa shape index (κ1) is 9.23. The van der Waals surface area contributed by atoms with E-state index in [4.69, 9.17) is 10.5 Å². The van der Waals surface area contributed by atoms with E-state index in [1.165, 1.54) is 4.68 Å². The molecule has 78 valence electrons. The highest BCUT2D eigenvalue weighted by molar-refractivity contribution is 5.45. The number of halogens is 2. The second-order valence-corrected chi connectivity index (χ2v) is 3.57. The van der Waals surface area contributed by atoms with Crippen molar-refractivity contribution in [3.8, 4) is 5.88 Å². The highest BCUT2D eigenvalue weighted by Crippen LogP contribution is 2.40. The summed E-state index contributed by atoms with van der Waals surface area (Å²) in [6, 6.07) is 0. The molecule has 1 fully saturated rings. The summed E-state index contributed by atoms with van der Waals surface area (Å²) in [5.74, 6) is -2.33. The van der Waals surface area contributed by atoms with Crippen LogP contribution in [0.25, 0.3) is 0 Å². The number of aromatic nitrogens is 2. The van der Waals surface area contributed by atoms with Gasteiger partial charge in [-0.05, 0) is 0 Å². The lowest BCUT2D eigenvalue weighted by molar-refractivity contribution is -0.135. The van der Waals surface area contributed by atoms with Crippen LogP contribution in [0.15, 0.2) is 6.20 Å². The Labute approximate surface area is 79.6 Å².